The second kappa shape index (κ2) is 5.11. The number of carbonyl (C=O) groups excluding carboxylic acids is 1. The molecule has 0 aromatic carbocycles. The molecule has 1 aromatic rings. The Morgan fingerprint density at radius 3 is 2.80 bits per heavy atom. The van der Waals surface area contributed by atoms with Crippen LogP contribution in [0.4, 0.5) is 5.82 Å². The van der Waals surface area contributed by atoms with Gasteiger partial charge in [-0.15, -0.1) is 0 Å². The standard InChI is InChI=1S/C10H13BrN2O2/c1-6-8(11)4-5-9(12-6)13-7(2)10(14)15-3/h4-5,7H,1-3H3,(H,12,13). The molecule has 1 aromatic heterocycles. The first-order valence-corrected chi connectivity index (χ1v) is 5.31. The van der Waals surface area contributed by atoms with Gasteiger partial charge >= 0.3 is 5.97 Å². The summed E-state index contributed by atoms with van der Waals surface area (Å²) in [6.45, 7) is 3.61. The van der Waals surface area contributed by atoms with E-state index >= 15 is 0 Å². The highest BCUT2D eigenvalue weighted by molar-refractivity contribution is 9.10. The molecule has 0 saturated carbocycles. The fraction of sp³-hybridized carbons (Fsp3) is 0.400. The van der Waals surface area contributed by atoms with Crippen LogP contribution in [0.15, 0.2) is 16.6 Å². The zero-order valence-electron chi connectivity index (χ0n) is 8.87. The van der Waals surface area contributed by atoms with Gasteiger partial charge in [0.05, 0.1) is 12.8 Å². The van der Waals surface area contributed by atoms with Gasteiger partial charge in [-0.3, -0.25) is 0 Å². The van der Waals surface area contributed by atoms with E-state index < -0.39 is 6.04 Å². The lowest BCUT2D eigenvalue weighted by Crippen LogP contribution is -2.27. The van der Waals surface area contributed by atoms with Crippen molar-refractivity contribution in [2.45, 2.75) is 19.9 Å². The lowest BCUT2D eigenvalue weighted by atomic mass is 10.3. The summed E-state index contributed by atoms with van der Waals surface area (Å²) >= 11 is 3.36. The van der Waals surface area contributed by atoms with Gasteiger partial charge in [0.25, 0.3) is 0 Å². The van der Waals surface area contributed by atoms with Crippen LogP contribution in [0.1, 0.15) is 12.6 Å². The predicted octanol–water partition coefficient (Wildman–Crippen LogP) is 2.13. The molecule has 4 nitrogen and oxygen atoms in total. The number of rotatable bonds is 3. The van der Waals surface area contributed by atoms with E-state index in [-0.39, 0.29) is 5.97 Å². The molecule has 82 valence electrons. The van der Waals surface area contributed by atoms with E-state index in [1.165, 1.54) is 7.11 Å². The van der Waals surface area contributed by atoms with Crippen molar-refractivity contribution in [1.29, 1.82) is 0 Å². The minimum absolute atomic E-state index is 0.308. The average molecular weight is 273 g/mol. The molecule has 1 N–H and O–H groups in total. The van der Waals surface area contributed by atoms with Crippen molar-refractivity contribution in [2.75, 3.05) is 12.4 Å². The van der Waals surface area contributed by atoms with Crippen molar-refractivity contribution < 1.29 is 9.53 Å². The van der Waals surface area contributed by atoms with Crippen molar-refractivity contribution >= 4 is 27.7 Å². The van der Waals surface area contributed by atoms with Crippen LogP contribution in [-0.2, 0) is 9.53 Å². The van der Waals surface area contributed by atoms with Crippen LogP contribution >= 0.6 is 15.9 Å². The molecule has 0 saturated heterocycles. The van der Waals surface area contributed by atoms with Gasteiger partial charge in [-0.1, -0.05) is 0 Å². The number of methoxy groups -OCH3 is 1. The minimum Gasteiger partial charge on any atom is -0.467 e. The lowest BCUT2D eigenvalue weighted by molar-refractivity contribution is -0.141. The van der Waals surface area contributed by atoms with Crippen molar-refractivity contribution in [3.8, 4) is 0 Å². The number of nitrogens with one attached hydrogen (secondary N) is 1. The number of esters is 1. The van der Waals surface area contributed by atoms with Crippen molar-refractivity contribution in [2.24, 2.45) is 0 Å². The molecular formula is C10H13BrN2O2. The van der Waals surface area contributed by atoms with Gasteiger partial charge in [0.2, 0.25) is 0 Å². The first-order valence-electron chi connectivity index (χ1n) is 4.52. The first kappa shape index (κ1) is 12.0. The van der Waals surface area contributed by atoms with Crippen LogP contribution in [0.5, 0.6) is 0 Å². The summed E-state index contributed by atoms with van der Waals surface area (Å²) in [4.78, 5) is 15.4. The van der Waals surface area contributed by atoms with Gasteiger partial charge in [0.15, 0.2) is 0 Å². The topological polar surface area (TPSA) is 51.2 Å². The van der Waals surface area contributed by atoms with E-state index in [9.17, 15) is 4.79 Å². The number of nitrogens with zero attached hydrogens (tertiary/aromatic N) is 1. The molecule has 1 atom stereocenters. The third-order valence-electron chi connectivity index (χ3n) is 1.94. The summed E-state index contributed by atoms with van der Waals surface area (Å²) in [6.07, 6.45) is 0. The molecule has 0 aliphatic carbocycles. The molecule has 0 fully saturated rings. The van der Waals surface area contributed by atoms with Crippen LogP contribution in [0.3, 0.4) is 0 Å². The van der Waals surface area contributed by atoms with Crippen molar-refractivity contribution in [3.05, 3.63) is 22.3 Å². The summed E-state index contributed by atoms with van der Waals surface area (Å²) in [5, 5.41) is 2.95. The number of hydrogen-bond acceptors (Lipinski definition) is 4. The monoisotopic (exact) mass is 272 g/mol. The fourth-order valence-corrected chi connectivity index (χ4v) is 1.30. The molecule has 5 heteroatoms. The maximum Gasteiger partial charge on any atom is 0.328 e. The Labute approximate surface area is 97.2 Å². The summed E-state index contributed by atoms with van der Waals surface area (Å²) in [7, 11) is 1.36. The molecule has 0 radical (unpaired) electrons. The summed E-state index contributed by atoms with van der Waals surface area (Å²) < 4.78 is 5.54. The van der Waals surface area contributed by atoms with Crippen LogP contribution < -0.4 is 5.32 Å². The first-order chi connectivity index (χ1) is 7.04. The number of pyridine rings is 1. The van der Waals surface area contributed by atoms with Gasteiger partial charge in [0.1, 0.15) is 11.9 Å². The van der Waals surface area contributed by atoms with Crippen LogP contribution in [0.25, 0.3) is 0 Å². The molecular weight excluding hydrogens is 260 g/mol. The number of carbonyl (C=O) groups is 1. The van der Waals surface area contributed by atoms with Gasteiger partial charge in [-0.05, 0) is 41.9 Å². The average Bonchev–Trinajstić information content (AvgIpc) is 2.22. The quantitative estimate of drug-likeness (QED) is 0.857. The van der Waals surface area contributed by atoms with E-state index in [0.29, 0.717) is 5.82 Å². The number of aryl methyl sites for hydroxylation is 1. The Hall–Kier alpha value is -1.10. The third kappa shape index (κ3) is 3.20. The summed E-state index contributed by atoms with van der Waals surface area (Å²) in [5.41, 5.74) is 0.872. The maximum atomic E-state index is 11.1. The molecule has 0 spiro atoms. The van der Waals surface area contributed by atoms with E-state index in [0.717, 1.165) is 10.2 Å². The molecule has 15 heavy (non-hydrogen) atoms. The van der Waals surface area contributed by atoms with Gasteiger partial charge in [-0.25, -0.2) is 9.78 Å². The zero-order valence-corrected chi connectivity index (χ0v) is 10.5. The molecule has 0 amide bonds. The largest absolute Gasteiger partial charge is 0.467 e. The summed E-state index contributed by atoms with van der Waals surface area (Å²) in [6, 6.07) is 3.29. The van der Waals surface area contributed by atoms with E-state index in [2.05, 4.69) is 31.0 Å². The number of anilines is 1. The molecule has 0 aliphatic rings. The minimum atomic E-state index is -0.400. The van der Waals surface area contributed by atoms with Gasteiger partial charge in [-0.2, -0.15) is 0 Å². The van der Waals surface area contributed by atoms with Gasteiger partial charge < -0.3 is 10.1 Å². The van der Waals surface area contributed by atoms with E-state index in [1.807, 2.05) is 13.0 Å². The number of hydrogen-bond donors (Lipinski definition) is 1. The number of aromatic nitrogens is 1. The third-order valence-corrected chi connectivity index (χ3v) is 2.78. The molecule has 1 rings (SSSR count). The molecule has 0 aliphatic heterocycles. The van der Waals surface area contributed by atoms with Gasteiger partial charge in [0, 0.05) is 4.47 Å². The number of halogens is 1. The Morgan fingerprint density at radius 2 is 2.27 bits per heavy atom. The Bertz CT molecular complexity index is 368. The van der Waals surface area contributed by atoms with E-state index in [4.69, 9.17) is 0 Å². The predicted molar refractivity (Wildman–Crippen MR) is 61.8 cm³/mol. The highest BCUT2D eigenvalue weighted by Gasteiger charge is 2.13. The second-order valence-corrected chi connectivity index (χ2v) is 4.01. The fourth-order valence-electron chi connectivity index (χ4n) is 1.08. The highest BCUT2D eigenvalue weighted by Crippen LogP contribution is 2.16. The van der Waals surface area contributed by atoms with Crippen molar-refractivity contribution in [1.82, 2.24) is 4.98 Å². The Kier molecular flexibility index (Phi) is 4.08. The number of ether oxygens (including phenoxy) is 1. The smallest absolute Gasteiger partial charge is 0.328 e. The van der Waals surface area contributed by atoms with Crippen molar-refractivity contribution in [3.63, 3.8) is 0 Å². The molecule has 0 bridgehead atoms. The van der Waals surface area contributed by atoms with E-state index in [1.54, 1.807) is 13.0 Å². The van der Waals surface area contributed by atoms with Crippen LogP contribution in [0, 0.1) is 6.92 Å². The molecule has 1 heterocycles. The lowest BCUT2D eigenvalue weighted by Gasteiger charge is -2.12. The zero-order chi connectivity index (χ0) is 11.4. The highest BCUT2D eigenvalue weighted by atomic mass is 79.9. The SMILES string of the molecule is COC(=O)C(C)Nc1ccc(Br)c(C)n1. The molecule has 1 unspecified atom stereocenters. The van der Waals surface area contributed by atoms with Crippen LogP contribution in [0.2, 0.25) is 0 Å². The maximum absolute atomic E-state index is 11.1. The summed E-state index contributed by atoms with van der Waals surface area (Å²) in [5.74, 6) is 0.353. The Balaban J connectivity index is 2.73. The normalized spacial score (nSPS) is 12.0. The second-order valence-electron chi connectivity index (χ2n) is 3.15. The van der Waals surface area contributed by atoms with Crippen LogP contribution in [-0.4, -0.2) is 24.1 Å². The Morgan fingerprint density at radius 1 is 1.60 bits per heavy atom.